The van der Waals surface area contributed by atoms with Crippen molar-refractivity contribution in [1.82, 2.24) is 42.5 Å². The molecule has 16 nitrogen and oxygen atoms in total. The van der Waals surface area contributed by atoms with Gasteiger partial charge in [-0.2, -0.15) is 0 Å². The molecule has 0 aliphatic heterocycles. The molecule has 16 heteroatoms. The Morgan fingerprint density at radius 1 is 0.500 bits per heavy atom. The van der Waals surface area contributed by atoms with Crippen molar-refractivity contribution in [3.63, 3.8) is 0 Å². The SMILES string of the molecule is CCCNCCCNC(=O)CNC(=O)[C@H](CCCC[C@H](NC(=O)OCc1ccccc1)C(=O)NCC(=O)NCCCNCCC)NC(=O)OCc1ccccc1. The minimum atomic E-state index is -1.05. The molecule has 0 saturated heterocycles. The molecule has 0 spiro atoms. The van der Waals surface area contributed by atoms with Crippen molar-refractivity contribution < 1.29 is 38.2 Å². The van der Waals surface area contributed by atoms with E-state index in [1.807, 2.05) is 36.4 Å². The second-order valence-electron chi connectivity index (χ2n) is 13.1. The Balaban J connectivity index is 1.97. The first-order chi connectivity index (χ1) is 27.2. The van der Waals surface area contributed by atoms with Gasteiger partial charge in [-0.25, -0.2) is 9.59 Å². The molecule has 0 bridgehead atoms. The number of benzene rings is 2. The Morgan fingerprint density at radius 2 is 0.893 bits per heavy atom. The van der Waals surface area contributed by atoms with Gasteiger partial charge in [0.15, 0.2) is 0 Å². The topological polar surface area (TPSA) is 217 Å². The van der Waals surface area contributed by atoms with Crippen molar-refractivity contribution in [1.29, 1.82) is 0 Å². The van der Waals surface area contributed by atoms with Crippen LogP contribution in [0, 0.1) is 0 Å². The Morgan fingerprint density at radius 3 is 1.27 bits per heavy atom. The summed E-state index contributed by atoms with van der Waals surface area (Å²) in [6, 6.07) is 16.0. The average molecular weight is 783 g/mol. The van der Waals surface area contributed by atoms with Gasteiger partial charge in [0, 0.05) is 13.1 Å². The summed E-state index contributed by atoms with van der Waals surface area (Å²) in [4.78, 5) is 76.7. The molecule has 0 unspecified atom stereocenters. The number of alkyl carbamates (subject to hydrolysis) is 2. The van der Waals surface area contributed by atoms with E-state index in [4.69, 9.17) is 9.47 Å². The van der Waals surface area contributed by atoms with Crippen LogP contribution in [0.1, 0.15) is 76.3 Å². The lowest BCUT2D eigenvalue weighted by molar-refractivity contribution is -0.127. The summed E-state index contributed by atoms with van der Waals surface area (Å²) in [7, 11) is 0. The minimum absolute atomic E-state index is 0.00640. The van der Waals surface area contributed by atoms with E-state index in [-0.39, 0.29) is 51.0 Å². The third kappa shape index (κ3) is 22.9. The van der Waals surface area contributed by atoms with E-state index in [9.17, 15) is 28.8 Å². The molecular weight excluding hydrogens is 720 g/mol. The highest BCUT2D eigenvalue weighted by Crippen LogP contribution is 2.10. The number of unbranched alkanes of at least 4 members (excludes halogenated alkanes) is 1. The molecule has 6 amide bonds. The molecule has 0 aliphatic rings. The van der Waals surface area contributed by atoms with Gasteiger partial charge in [0.05, 0.1) is 13.1 Å². The number of hydrogen-bond donors (Lipinski definition) is 8. The molecule has 0 radical (unpaired) electrons. The van der Waals surface area contributed by atoms with Gasteiger partial charge in [0.1, 0.15) is 25.3 Å². The number of hydrogen-bond acceptors (Lipinski definition) is 10. The molecule has 8 N–H and O–H groups in total. The Bertz CT molecular complexity index is 1330. The van der Waals surface area contributed by atoms with Crippen molar-refractivity contribution in [2.75, 3.05) is 52.4 Å². The standard InChI is InChI=1S/C40H62N8O8/c1-3-21-41-23-13-25-43-35(49)27-45-37(51)33(47-39(53)55-29-31-15-7-5-8-16-31)19-11-12-20-34(48-40(54)56-30-32-17-9-6-10-18-32)38(52)46-28-36(50)44-26-14-24-42-22-4-2/h5-10,15-18,33-34,41-42H,3-4,11-14,19-30H2,1-2H3,(H,43,49)(H,44,50)(H,45,51)(H,46,52)(H,47,53)(H,48,54)/t33-,34-/m0/s1. The normalized spacial score (nSPS) is 11.7. The van der Waals surface area contributed by atoms with E-state index in [1.165, 1.54) is 0 Å². The molecule has 0 aliphatic carbocycles. The zero-order valence-corrected chi connectivity index (χ0v) is 32.9. The van der Waals surface area contributed by atoms with E-state index in [0.717, 1.165) is 63.0 Å². The summed E-state index contributed by atoms with van der Waals surface area (Å²) in [6.45, 7) is 7.78. The predicted octanol–water partition coefficient (Wildman–Crippen LogP) is 2.38. The molecular formula is C40H62N8O8. The van der Waals surface area contributed by atoms with Crippen LogP contribution in [0.3, 0.4) is 0 Å². The zero-order chi connectivity index (χ0) is 40.6. The molecule has 0 fully saturated rings. The van der Waals surface area contributed by atoms with Crippen LogP contribution in [-0.4, -0.2) is 100 Å². The lowest BCUT2D eigenvalue weighted by Crippen LogP contribution is -2.49. The molecule has 0 aromatic heterocycles. The highest BCUT2D eigenvalue weighted by molar-refractivity contribution is 5.90. The molecule has 0 heterocycles. The predicted molar refractivity (Wildman–Crippen MR) is 213 cm³/mol. The van der Waals surface area contributed by atoms with Crippen LogP contribution in [0.4, 0.5) is 9.59 Å². The van der Waals surface area contributed by atoms with Crippen molar-refractivity contribution in [3.05, 3.63) is 71.8 Å². The van der Waals surface area contributed by atoms with Crippen LogP contribution < -0.4 is 42.5 Å². The lowest BCUT2D eigenvalue weighted by Gasteiger charge is -2.20. The Hall–Kier alpha value is -5.22. The minimum Gasteiger partial charge on any atom is -0.445 e. The van der Waals surface area contributed by atoms with Crippen molar-refractivity contribution in [2.45, 2.75) is 90.5 Å². The fourth-order valence-electron chi connectivity index (χ4n) is 5.24. The Kier molecular flexibility index (Phi) is 25.2. The van der Waals surface area contributed by atoms with Gasteiger partial charge in [-0.15, -0.1) is 0 Å². The number of rotatable bonds is 29. The van der Waals surface area contributed by atoms with Gasteiger partial charge >= 0.3 is 12.2 Å². The first kappa shape index (κ1) is 46.9. The van der Waals surface area contributed by atoms with Gasteiger partial charge < -0.3 is 52.0 Å². The quantitative estimate of drug-likeness (QED) is 0.0564. The smallest absolute Gasteiger partial charge is 0.408 e. The van der Waals surface area contributed by atoms with Gasteiger partial charge in [-0.1, -0.05) is 87.4 Å². The number of ether oxygens (including phenoxy) is 2. The van der Waals surface area contributed by atoms with E-state index in [2.05, 4.69) is 56.4 Å². The van der Waals surface area contributed by atoms with Crippen LogP contribution in [0.15, 0.2) is 60.7 Å². The summed E-state index contributed by atoms with van der Waals surface area (Å²) >= 11 is 0. The second-order valence-corrected chi connectivity index (χ2v) is 13.1. The fraction of sp³-hybridized carbons (Fsp3) is 0.550. The van der Waals surface area contributed by atoms with Crippen LogP contribution in [0.2, 0.25) is 0 Å². The second kappa shape index (κ2) is 30.1. The molecule has 0 saturated carbocycles. The van der Waals surface area contributed by atoms with Crippen LogP contribution in [-0.2, 0) is 41.9 Å². The maximum absolute atomic E-state index is 13.2. The largest absolute Gasteiger partial charge is 0.445 e. The zero-order valence-electron chi connectivity index (χ0n) is 32.9. The summed E-state index contributed by atoms with van der Waals surface area (Å²) in [5, 5.41) is 22.4. The van der Waals surface area contributed by atoms with Crippen molar-refractivity contribution in [3.8, 4) is 0 Å². The van der Waals surface area contributed by atoms with Gasteiger partial charge in [-0.3, -0.25) is 19.2 Å². The summed E-state index contributed by atoms with van der Waals surface area (Å²) in [5.41, 5.74) is 1.53. The summed E-state index contributed by atoms with van der Waals surface area (Å²) in [5.74, 6) is -1.89. The maximum atomic E-state index is 13.2. The fourth-order valence-corrected chi connectivity index (χ4v) is 5.24. The highest BCUT2D eigenvalue weighted by atomic mass is 16.6. The third-order valence-electron chi connectivity index (χ3n) is 8.28. The molecule has 56 heavy (non-hydrogen) atoms. The average Bonchev–Trinajstić information content (AvgIpc) is 3.21. The molecule has 2 aromatic rings. The first-order valence-electron chi connectivity index (χ1n) is 19.7. The maximum Gasteiger partial charge on any atom is 0.408 e. The van der Waals surface area contributed by atoms with Crippen LogP contribution >= 0.6 is 0 Å². The molecule has 2 rings (SSSR count). The monoisotopic (exact) mass is 782 g/mol. The Labute approximate surface area is 330 Å². The van der Waals surface area contributed by atoms with Crippen molar-refractivity contribution >= 4 is 35.8 Å². The van der Waals surface area contributed by atoms with E-state index in [1.54, 1.807) is 24.3 Å². The summed E-state index contributed by atoms with van der Waals surface area (Å²) in [6.07, 6.45) is 2.83. The molecule has 310 valence electrons. The number of nitrogens with one attached hydrogen (secondary N) is 8. The van der Waals surface area contributed by atoms with E-state index < -0.39 is 36.1 Å². The number of amides is 6. The highest BCUT2D eigenvalue weighted by Gasteiger charge is 2.25. The van der Waals surface area contributed by atoms with Crippen molar-refractivity contribution in [2.24, 2.45) is 0 Å². The van der Waals surface area contributed by atoms with Crippen LogP contribution in [0.25, 0.3) is 0 Å². The molecule has 2 aromatic carbocycles. The third-order valence-corrected chi connectivity index (χ3v) is 8.28. The summed E-state index contributed by atoms with van der Waals surface area (Å²) < 4.78 is 10.7. The number of carbonyl (C=O) groups excluding carboxylic acids is 6. The van der Waals surface area contributed by atoms with Gasteiger partial charge in [0.2, 0.25) is 23.6 Å². The first-order valence-corrected chi connectivity index (χ1v) is 19.7. The van der Waals surface area contributed by atoms with E-state index >= 15 is 0 Å². The van der Waals surface area contributed by atoms with E-state index in [0.29, 0.717) is 25.9 Å². The van der Waals surface area contributed by atoms with Crippen LogP contribution in [0.5, 0.6) is 0 Å². The number of carbonyl (C=O) groups is 6. The molecule has 2 atom stereocenters. The van der Waals surface area contributed by atoms with Gasteiger partial charge in [-0.05, 0) is 75.8 Å². The van der Waals surface area contributed by atoms with Gasteiger partial charge in [0.25, 0.3) is 0 Å². The lowest BCUT2D eigenvalue weighted by atomic mass is 10.0.